The third kappa shape index (κ3) is 8.77. The Morgan fingerprint density at radius 1 is 0.645 bits per heavy atom. The normalized spacial score (nSPS) is 14.6. The molecule has 2 N–H and O–H groups in total. The maximum absolute atomic E-state index is 13.0. The lowest BCUT2D eigenvalue weighted by atomic mass is 9.60. The van der Waals surface area contributed by atoms with Crippen molar-refractivity contribution >= 4 is 11.8 Å². The standard InChI is InChI=1S/C27H54N2O2/c1-19(2)25(10,11)24(8,9)17-21(31)29-27(14,15)26(12,13)28-20(30)16-23(6,7)18-22(3,4)5/h19H,16-18H2,1-15H3,(H,28,30)(H,29,31). The van der Waals surface area contributed by atoms with Crippen molar-refractivity contribution in [1.29, 1.82) is 0 Å². The van der Waals surface area contributed by atoms with Crippen molar-refractivity contribution in [3.8, 4) is 0 Å². The molecule has 0 atom stereocenters. The summed E-state index contributed by atoms with van der Waals surface area (Å²) in [7, 11) is 0. The molecule has 0 aliphatic carbocycles. The van der Waals surface area contributed by atoms with E-state index in [4.69, 9.17) is 0 Å². The van der Waals surface area contributed by atoms with E-state index < -0.39 is 11.1 Å². The van der Waals surface area contributed by atoms with Crippen molar-refractivity contribution in [1.82, 2.24) is 10.6 Å². The van der Waals surface area contributed by atoms with Crippen LogP contribution in [-0.2, 0) is 9.59 Å². The van der Waals surface area contributed by atoms with Gasteiger partial charge in [-0.15, -0.1) is 0 Å². The first kappa shape index (κ1) is 29.9. The summed E-state index contributed by atoms with van der Waals surface area (Å²) in [5, 5.41) is 6.42. The lowest BCUT2D eigenvalue weighted by molar-refractivity contribution is -0.131. The average Bonchev–Trinajstić information content (AvgIpc) is 2.40. The summed E-state index contributed by atoms with van der Waals surface area (Å²) >= 11 is 0. The molecule has 0 saturated heterocycles. The van der Waals surface area contributed by atoms with Crippen LogP contribution in [0.15, 0.2) is 0 Å². The molecule has 2 amide bonds. The van der Waals surface area contributed by atoms with Crippen molar-refractivity contribution in [3.63, 3.8) is 0 Å². The minimum atomic E-state index is -0.591. The highest BCUT2D eigenvalue weighted by atomic mass is 16.2. The third-order valence-electron chi connectivity index (χ3n) is 7.90. The van der Waals surface area contributed by atoms with Gasteiger partial charge in [0.2, 0.25) is 11.8 Å². The Balaban J connectivity index is 5.24. The van der Waals surface area contributed by atoms with Crippen molar-refractivity contribution in [2.45, 2.75) is 134 Å². The summed E-state index contributed by atoms with van der Waals surface area (Å²) < 4.78 is 0. The minimum Gasteiger partial charge on any atom is -0.349 e. The van der Waals surface area contributed by atoms with Gasteiger partial charge >= 0.3 is 0 Å². The van der Waals surface area contributed by atoms with Crippen LogP contribution in [0.25, 0.3) is 0 Å². The van der Waals surface area contributed by atoms with Crippen molar-refractivity contribution in [3.05, 3.63) is 0 Å². The molecule has 0 saturated carbocycles. The molecule has 0 spiro atoms. The van der Waals surface area contributed by atoms with Gasteiger partial charge in [0.15, 0.2) is 0 Å². The Hall–Kier alpha value is -1.06. The smallest absolute Gasteiger partial charge is 0.221 e. The molecule has 184 valence electrons. The molecule has 0 aromatic carbocycles. The number of carbonyl (C=O) groups excluding carboxylic acids is 2. The van der Waals surface area contributed by atoms with E-state index in [2.05, 4.69) is 86.8 Å². The zero-order valence-corrected chi connectivity index (χ0v) is 23.5. The van der Waals surface area contributed by atoms with Gasteiger partial charge < -0.3 is 10.6 Å². The predicted molar refractivity (Wildman–Crippen MR) is 134 cm³/mol. The molecule has 0 fully saturated rings. The number of amides is 2. The van der Waals surface area contributed by atoms with Gasteiger partial charge in [0.25, 0.3) is 0 Å². The Morgan fingerprint density at radius 3 is 1.32 bits per heavy atom. The number of hydrogen-bond donors (Lipinski definition) is 2. The first-order valence-corrected chi connectivity index (χ1v) is 12.0. The largest absolute Gasteiger partial charge is 0.349 e. The Morgan fingerprint density at radius 2 is 1.00 bits per heavy atom. The summed E-state index contributed by atoms with van der Waals surface area (Å²) in [5.74, 6) is 0.525. The maximum atomic E-state index is 13.0. The monoisotopic (exact) mass is 438 g/mol. The molecule has 0 radical (unpaired) electrons. The van der Waals surface area contributed by atoms with Gasteiger partial charge in [-0.2, -0.15) is 0 Å². The van der Waals surface area contributed by atoms with Crippen LogP contribution in [0.4, 0.5) is 0 Å². The molecule has 4 heteroatoms. The molecule has 0 aliphatic heterocycles. The molecule has 0 rings (SSSR count). The van der Waals surface area contributed by atoms with E-state index in [1.807, 2.05) is 27.7 Å². The number of nitrogens with one attached hydrogen (secondary N) is 2. The van der Waals surface area contributed by atoms with E-state index in [0.29, 0.717) is 18.8 Å². The second-order valence-electron chi connectivity index (χ2n) is 14.4. The lowest BCUT2D eigenvalue weighted by Crippen LogP contribution is -2.66. The predicted octanol–water partition coefficient (Wildman–Crippen LogP) is 6.73. The Kier molecular flexibility index (Phi) is 9.11. The first-order chi connectivity index (χ1) is 13.4. The first-order valence-electron chi connectivity index (χ1n) is 12.0. The topological polar surface area (TPSA) is 58.2 Å². The molecule has 0 bridgehead atoms. The van der Waals surface area contributed by atoms with Crippen LogP contribution in [0.2, 0.25) is 0 Å². The second kappa shape index (κ2) is 9.43. The van der Waals surface area contributed by atoms with E-state index in [0.717, 1.165) is 6.42 Å². The van der Waals surface area contributed by atoms with Crippen LogP contribution in [0, 0.1) is 27.6 Å². The van der Waals surface area contributed by atoms with Gasteiger partial charge in [0.05, 0.1) is 11.1 Å². The van der Waals surface area contributed by atoms with E-state index in [-0.39, 0.29) is 33.5 Å². The maximum Gasteiger partial charge on any atom is 0.221 e. The van der Waals surface area contributed by atoms with E-state index in [1.54, 1.807) is 0 Å². The molecule has 0 unspecified atom stereocenters. The van der Waals surface area contributed by atoms with Gasteiger partial charge in [0.1, 0.15) is 0 Å². The van der Waals surface area contributed by atoms with E-state index >= 15 is 0 Å². The Labute approximate surface area is 194 Å². The van der Waals surface area contributed by atoms with E-state index in [1.165, 1.54) is 0 Å². The highest BCUT2D eigenvalue weighted by molar-refractivity contribution is 5.79. The SMILES string of the molecule is CC(C)C(C)(C)C(C)(C)CC(=O)NC(C)(C)C(C)(C)NC(=O)CC(C)(C)CC(C)(C)C. The zero-order valence-electron chi connectivity index (χ0n) is 23.5. The van der Waals surface area contributed by atoms with Crippen LogP contribution in [0.5, 0.6) is 0 Å². The van der Waals surface area contributed by atoms with Gasteiger partial charge in [-0.1, -0.05) is 76.2 Å². The van der Waals surface area contributed by atoms with Crippen molar-refractivity contribution in [2.24, 2.45) is 27.6 Å². The quantitative estimate of drug-likeness (QED) is 0.397. The molecule has 0 heterocycles. The van der Waals surface area contributed by atoms with Crippen molar-refractivity contribution < 1.29 is 9.59 Å². The van der Waals surface area contributed by atoms with E-state index in [9.17, 15) is 9.59 Å². The summed E-state index contributed by atoms with van der Waals surface area (Å²) in [6.07, 6.45) is 1.88. The fourth-order valence-corrected chi connectivity index (χ4v) is 4.44. The number of rotatable bonds is 10. The van der Waals surface area contributed by atoms with Crippen LogP contribution >= 0.6 is 0 Å². The molecule has 0 aromatic rings. The average molecular weight is 439 g/mol. The van der Waals surface area contributed by atoms with Crippen molar-refractivity contribution in [2.75, 3.05) is 0 Å². The summed E-state index contributed by atoms with van der Waals surface area (Å²) in [6.45, 7) is 32.1. The summed E-state index contributed by atoms with van der Waals surface area (Å²) in [4.78, 5) is 25.9. The molecule has 0 aliphatic rings. The van der Waals surface area contributed by atoms with Gasteiger partial charge in [0, 0.05) is 12.8 Å². The van der Waals surface area contributed by atoms with Crippen LogP contribution in [-0.4, -0.2) is 22.9 Å². The van der Waals surface area contributed by atoms with Gasteiger partial charge in [-0.3, -0.25) is 9.59 Å². The molecule has 31 heavy (non-hydrogen) atoms. The zero-order chi connectivity index (χ0) is 25.3. The van der Waals surface area contributed by atoms with Gasteiger partial charge in [-0.05, 0) is 61.7 Å². The fraction of sp³-hybridized carbons (Fsp3) is 0.926. The molecule has 4 nitrogen and oxygen atoms in total. The lowest BCUT2D eigenvalue weighted by Gasteiger charge is -2.47. The molecule has 0 aromatic heterocycles. The van der Waals surface area contributed by atoms with Crippen LogP contribution in [0.1, 0.15) is 123 Å². The Bertz CT molecular complexity index is 632. The fourth-order valence-electron chi connectivity index (χ4n) is 4.44. The number of carbonyl (C=O) groups is 2. The van der Waals surface area contributed by atoms with Crippen LogP contribution in [0.3, 0.4) is 0 Å². The van der Waals surface area contributed by atoms with Crippen LogP contribution < -0.4 is 10.6 Å². The molecular formula is C27H54N2O2. The minimum absolute atomic E-state index is 0.0247. The highest BCUT2D eigenvalue weighted by Crippen LogP contribution is 2.46. The molecular weight excluding hydrogens is 384 g/mol. The second-order valence-corrected chi connectivity index (χ2v) is 14.4. The third-order valence-corrected chi connectivity index (χ3v) is 7.90. The summed E-state index contributed by atoms with van der Waals surface area (Å²) in [6, 6.07) is 0. The highest BCUT2D eigenvalue weighted by Gasteiger charge is 2.44. The summed E-state index contributed by atoms with van der Waals surface area (Å²) in [5.41, 5.74) is -1.22. The number of hydrogen-bond acceptors (Lipinski definition) is 2. The van der Waals surface area contributed by atoms with Gasteiger partial charge in [-0.25, -0.2) is 0 Å².